The summed E-state index contributed by atoms with van der Waals surface area (Å²) in [5.41, 5.74) is 1.37. The van der Waals surface area contributed by atoms with E-state index in [2.05, 4.69) is 5.16 Å². The molecule has 0 aromatic heterocycles. The molecule has 0 aliphatic heterocycles. The summed E-state index contributed by atoms with van der Waals surface area (Å²) in [5.74, 6) is 0. The van der Waals surface area contributed by atoms with E-state index in [1.54, 1.807) is 6.92 Å². The molecule has 0 aliphatic rings. The smallest absolute Gasteiger partial charge is 0.153 e. The van der Waals surface area contributed by atoms with Crippen molar-refractivity contribution in [2.24, 2.45) is 5.16 Å². The summed E-state index contributed by atoms with van der Waals surface area (Å²) in [6, 6.07) is 11.6. The van der Waals surface area contributed by atoms with E-state index in [4.69, 9.17) is 10.1 Å². The summed E-state index contributed by atoms with van der Waals surface area (Å²) in [6.45, 7) is 2.00. The minimum atomic E-state index is 0.330. The van der Waals surface area contributed by atoms with Gasteiger partial charge in [0.2, 0.25) is 0 Å². The summed E-state index contributed by atoms with van der Waals surface area (Å²) in [4.78, 5) is 4.94. The Kier molecular flexibility index (Phi) is 3.52. The Bertz CT molecular complexity index is 325. The Morgan fingerprint density at radius 2 is 2.15 bits per heavy atom. The zero-order chi connectivity index (χ0) is 9.52. The van der Waals surface area contributed by atoms with Crippen molar-refractivity contribution in [1.82, 2.24) is 0 Å². The second-order valence-electron chi connectivity index (χ2n) is 2.55. The van der Waals surface area contributed by atoms with Gasteiger partial charge in [-0.05, 0) is 12.5 Å². The molecule has 0 bridgehead atoms. The SMILES string of the molecule is CC(C#N)=NOCc1ccccc1. The highest BCUT2D eigenvalue weighted by Crippen LogP contribution is 2.00. The van der Waals surface area contributed by atoms with E-state index in [1.165, 1.54) is 0 Å². The Morgan fingerprint density at radius 3 is 2.77 bits per heavy atom. The van der Waals surface area contributed by atoms with Crippen molar-refractivity contribution in [2.75, 3.05) is 0 Å². The molecule has 0 aliphatic carbocycles. The van der Waals surface area contributed by atoms with Gasteiger partial charge >= 0.3 is 0 Å². The highest BCUT2D eigenvalue weighted by Gasteiger charge is 1.90. The lowest BCUT2D eigenvalue weighted by molar-refractivity contribution is 0.131. The molecular formula is C10H10N2O. The van der Waals surface area contributed by atoms with Crippen LogP contribution in [-0.2, 0) is 11.4 Å². The molecule has 0 N–H and O–H groups in total. The highest BCUT2D eigenvalue weighted by atomic mass is 16.6. The molecule has 0 radical (unpaired) electrons. The van der Waals surface area contributed by atoms with Crippen LogP contribution in [0, 0.1) is 11.3 Å². The normalized spacial score (nSPS) is 10.6. The van der Waals surface area contributed by atoms with E-state index in [0.29, 0.717) is 12.3 Å². The lowest BCUT2D eigenvalue weighted by Crippen LogP contribution is -1.90. The lowest BCUT2D eigenvalue weighted by Gasteiger charge is -1.98. The van der Waals surface area contributed by atoms with Crippen molar-refractivity contribution in [2.45, 2.75) is 13.5 Å². The fraction of sp³-hybridized carbons (Fsp3) is 0.200. The number of hydrogen-bond donors (Lipinski definition) is 0. The zero-order valence-electron chi connectivity index (χ0n) is 7.40. The fourth-order valence-corrected chi connectivity index (χ4v) is 0.798. The molecule has 0 amide bonds. The van der Waals surface area contributed by atoms with Gasteiger partial charge in [0.1, 0.15) is 12.7 Å². The first-order valence-corrected chi connectivity index (χ1v) is 3.93. The van der Waals surface area contributed by atoms with Crippen LogP contribution in [0.1, 0.15) is 12.5 Å². The average Bonchev–Trinajstić information content (AvgIpc) is 2.19. The fourth-order valence-electron chi connectivity index (χ4n) is 0.798. The predicted molar refractivity (Wildman–Crippen MR) is 50.0 cm³/mol. The highest BCUT2D eigenvalue weighted by molar-refractivity contribution is 5.95. The van der Waals surface area contributed by atoms with Gasteiger partial charge in [-0.1, -0.05) is 35.5 Å². The quantitative estimate of drug-likeness (QED) is 0.520. The van der Waals surface area contributed by atoms with Crippen LogP contribution in [0.3, 0.4) is 0 Å². The predicted octanol–water partition coefficient (Wildman–Crippen LogP) is 2.10. The Hall–Kier alpha value is -1.82. The number of rotatable bonds is 3. The standard InChI is InChI=1S/C10H10N2O/c1-9(7-11)12-13-8-10-5-3-2-4-6-10/h2-6H,8H2,1H3. The molecule has 0 saturated carbocycles. The number of nitrogens with zero attached hydrogens (tertiary/aromatic N) is 2. The Morgan fingerprint density at radius 1 is 1.46 bits per heavy atom. The van der Waals surface area contributed by atoms with E-state index in [9.17, 15) is 0 Å². The van der Waals surface area contributed by atoms with Crippen molar-refractivity contribution in [1.29, 1.82) is 5.26 Å². The van der Waals surface area contributed by atoms with Crippen molar-refractivity contribution < 1.29 is 4.84 Å². The van der Waals surface area contributed by atoms with Gasteiger partial charge < -0.3 is 4.84 Å². The zero-order valence-corrected chi connectivity index (χ0v) is 7.40. The van der Waals surface area contributed by atoms with Gasteiger partial charge in [-0.25, -0.2) is 0 Å². The van der Waals surface area contributed by atoms with E-state index in [0.717, 1.165) is 5.56 Å². The Balaban J connectivity index is 2.41. The van der Waals surface area contributed by atoms with E-state index < -0.39 is 0 Å². The van der Waals surface area contributed by atoms with Crippen molar-refractivity contribution in [3.63, 3.8) is 0 Å². The van der Waals surface area contributed by atoms with Crippen LogP contribution < -0.4 is 0 Å². The van der Waals surface area contributed by atoms with Crippen LogP contribution in [0.2, 0.25) is 0 Å². The maximum Gasteiger partial charge on any atom is 0.153 e. The largest absolute Gasteiger partial charge is 0.390 e. The minimum Gasteiger partial charge on any atom is -0.390 e. The number of hydrogen-bond acceptors (Lipinski definition) is 3. The molecule has 3 nitrogen and oxygen atoms in total. The molecule has 0 unspecified atom stereocenters. The van der Waals surface area contributed by atoms with Crippen LogP contribution in [0.4, 0.5) is 0 Å². The first kappa shape index (κ1) is 9.27. The molecular weight excluding hydrogens is 164 g/mol. The lowest BCUT2D eigenvalue weighted by atomic mass is 10.2. The van der Waals surface area contributed by atoms with Crippen LogP contribution in [0.25, 0.3) is 0 Å². The Labute approximate surface area is 77.2 Å². The van der Waals surface area contributed by atoms with E-state index >= 15 is 0 Å². The topological polar surface area (TPSA) is 45.4 Å². The third kappa shape index (κ3) is 3.39. The van der Waals surface area contributed by atoms with Gasteiger partial charge in [-0.3, -0.25) is 0 Å². The van der Waals surface area contributed by atoms with Crippen molar-refractivity contribution >= 4 is 5.71 Å². The number of nitriles is 1. The number of oxime groups is 1. The van der Waals surface area contributed by atoms with E-state index in [-0.39, 0.29) is 0 Å². The second kappa shape index (κ2) is 4.94. The number of benzene rings is 1. The first-order valence-electron chi connectivity index (χ1n) is 3.93. The summed E-state index contributed by atoms with van der Waals surface area (Å²) in [7, 11) is 0. The third-order valence-electron chi connectivity index (χ3n) is 1.44. The van der Waals surface area contributed by atoms with Crippen LogP contribution >= 0.6 is 0 Å². The molecule has 0 saturated heterocycles. The molecule has 3 heteroatoms. The molecule has 0 fully saturated rings. The van der Waals surface area contributed by atoms with Gasteiger partial charge in [0, 0.05) is 0 Å². The molecule has 1 rings (SSSR count). The molecule has 1 aromatic carbocycles. The summed E-state index contributed by atoms with van der Waals surface area (Å²) in [5, 5.41) is 12.0. The van der Waals surface area contributed by atoms with Gasteiger partial charge in [-0.15, -0.1) is 0 Å². The second-order valence-corrected chi connectivity index (χ2v) is 2.55. The molecule has 66 valence electrons. The minimum absolute atomic E-state index is 0.330. The molecule has 0 atom stereocenters. The van der Waals surface area contributed by atoms with Crippen molar-refractivity contribution in [3.05, 3.63) is 35.9 Å². The third-order valence-corrected chi connectivity index (χ3v) is 1.44. The van der Waals surface area contributed by atoms with E-state index in [1.807, 2.05) is 36.4 Å². The maximum absolute atomic E-state index is 8.37. The maximum atomic E-state index is 8.37. The summed E-state index contributed by atoms with van der Waals surface area (Å²) < 4.78 is 0. The first-order chi connectivity index (χ1) is 6.33. The van der Waals surface area contributed by atoms with Crippen LogP contribution in [0.5, 0.6) is 0 Å². The summed E-state index contributed by atoms with van der Waals surface area (Å²) in [6.07, 6.45) is 0. The monoisotopic (exact) mass is 174 g/mol. The van der Waals surface area contributed by atoms with Crippen molar-refractivity contribution in [3.8, 4) is 6.07 Å². The summed E-state index contributed by atoms with van der Waals surface area (Å²) >= 11 is 0. The molecule has 0 heterocycles. The van der Waals surface area contributed by atoms with Gasteiger partial charge in [0.15, 0.2) is 5.71 Å². The van der Waals surface area contributed by atoms with Gasteiger partial charge in [-0.2, -0.15) is 5.26 Å². The van der Waals surface area contributed by atoms with Crippen LogP contribution in [-0.4, -0.2) is 5.71 Å². The average molecular weight is 174 g/mol. The molecule has 0 spiro atoms. The molecule has 1 aromatic rings. The van der Waals surface area contributed by atoms with Gasteiger partial charge in [0.25, 0.3) is 0 Å². The molecule has 13 heavy (non-hydrogen) atoms. The van der Waals surface area contributed by atoms with Gasteiger partial charge in [0.05, 0.1) is 0 Å². The van der Waals surface area contributed by atoms with Crippen LogP contribution in [0.15, 0.2) is 35.5 Å².